The molecule has 0 atom stereocenters. The van der Waals surface area contributed by atoms with Gasteiger partial charge in [-0.15, -0.1) is 0 Å². The molecule has 0 radical (unpaired) electrons. The van der Waals surface area contributed by atoms with E-state index in [2.05, 4.69) is 4.98 Å². The summed E-state index contributed by atoms with van der Waals surface area (Å²) < 4.78 is 0. The molecule has 110 valence electrons. The minimum atomic E-state index is -0.547. The van der Waals surface area contributed by atoms with Gasteiger partial charge in [0.25, 0.3) is 0 Å². The van der Waals surface area contributed by atoms with Crippen LogP contribution in [0.25, 0.3) is 11.1 Å². The fraction of sp³-hybridized carbons (Fsp3) is 0.278. The first kappa shape index (κ1) is 13.2. The maximum absolute atomic E-state index is 12.6. The maximum atomic E-state index is 12.6. The van der Waals surface area contributed by atoms with E-state index in [9.17, 15) is 14.4 Å². The zero-order chi connectivity index (χ0) is 15.6. The van der Waals surface area contributed by atoms with Crippen molar-refractivity contribution < 1.29 is 14.4 Å². The van der Waals surface area contributed by atoms with Gasteiger partial charge in [-0.1, -0.05) is 38.1 Å². The first-order valence-electron chi connectivity index (χ1n) is 7.35. The Labute approximate surface area is 127 Å². The number of aromatic amines is 1. The minimum absolute atomic E-state index is 0.0423. The zero-order valence-corrected chi connectivity index (χ0v) is 12.4. The number of fused-ring (bicyclic) bond motifs is 5. The van der Waals surface area contributed by atoms with Gasteiger partial charge in [-0.25, -0.2) is 0 Å². The number of carbonyl (C=O) groups excluding carboxylic acids is 3. The van der Waals surface area contributed by atoms with Gasteiger partial charge in [0.15, 0.2) is 5.78 Å². The number of H-pyrrole nitrogens is 1. The molecule has 0 bridgehead atoms. The summed E-state index contributed by atoms with van der Waals surface area (Å²) >= 11 is 0. The summed E-state index contributed by atoms with van der Waals surface area (Å²) in [5.41, 5.74) is 3.22. The van der Waals surface area contributed by atoms with Gasteiger partial charge >= 0.3 is 0 Å². The summed E-state index contributed by atoms with van der Waals surface area (Å²) in [7, 11) is 0. The molecule has 22 heavy (non-hydrogen) atoms. The van der Waals surface area contributed by atoms with Crippen LogP contribution in [0.4, 0.5) is 0 Å². The fourth-order valence-corrected chi connectivity index (χ4v) is 3.63. The molecule has 1 heterocycles. The lowest BCUT2D eigenvalue weighted by Crippen LogP contribution is -2.27. The first-order chi connectivity index (χ1) is 10.4. The van der Waals surface area contributed by atoms with E-state index >= 15 is 0 Å². The van der Waals surface area contributed by atoms with E-state index in [4.69, 9.17) is 0 Å². The molecule has 1 N–H and O–H groups in total. The summed E-state index contributed by atoms with van der Waals surface area (Å²) in [6.45, 7) is 4.07. The Hall–Kier alpha value is -2.49. The Bertz CT molecular complexity index is 870. The van der Waals surface area contributed by atoms with Crippen molar-refractivity contribution in [3.63, 3.8) is 0 Å². The molecule has 2 aliphatic rings. The monoisotopic (exact) mass is 293 g/mol. The molecular weight excluding hydrogens is 278 g/mol. The highest BCUT2D eigenvalue weighted by atomic mass is 16.2. The molecule has 0 amide bonds. The molecule has 2 aromatic rings. The molecule has 4 rings (SSSR count). The molecule has 0 spiro atoms. The number of rotatable bonds is 0. The predicted octanol–water partition coefficient (Wildman–Crippen LogP) is 3.22. The molecule has 0 saturated carbocycles. The van der Waals surface area contributed by atoms with Crippen LogP contribution in [0.1, 0.15) is 57.2 Å². The number of ketones is 3. The topological polar surface area (TPSA) is 67.0 Å². The number of benzene rings is 1. The van der Waals surface area contributed by atoms with E-state index in [1.54, 1.807) is 18.2 Å². The molecule has 1 aromatic heterocycles. The third-order valence-corrected chi connectivity index (χ3v) is 4.53. The van der Waals surface area contributed by atoms with Crippen molar-refractivity contribution in [3.05, 3.63) is 46.8 Å². The Morgan fingerprint density at radius 1 is 0.909 bits per heavy atom. The van der Waals surface area contributed by atoms with Crippen molar-refractivity contribution in [1.29, 1.82) is 0 Å². The fourth-order valence-electron chi connectivity index (χ4n) is 3.63. The molecule has 0 fully saturated rings. The lowest BCUT2D eigenvalue weighted by Gasteiger charge is -2.28. The summed E-state index contributed by atoms with van der Waals surface area (Å²) in [6.07, 6.45) is 1.15. The highest BCUT2D eigenvalue weighted by Gasteiger charge is 2.41. The smallest absolute Gasteiger partial charge is 0.250 e. The average Bonchev–Trinajstić information content (AvgIpc) is 2.83. The second-order valence-corrected chi connectivity index (χ2v) is 6.87. The summed E-state index contributed by atoms with van der Waals surface area (Å²) in [4.78, 5) is 40.3. The molecule has 4 nitrogen and oxygen atoms in total. The molecular formula is C18H15NO3. The third-order valence-electron chi connectivity index (χ3n) is 4.53. The van der Waals surface area contributed by atoms with E-state index in [0.717, 1.165) is 5.69 Å². The van der Waals surface area contributed by atoms with E-state index in [1.165, 1.54) is 0 Å². The molecule has 4 heteroatoms. The standard InChI is InChI=1S/C18H15NO3/c1-18(2)7-11-14(12(20)8-18)13-9-5-3-4-6-10(9)16(21)17(22)15(13)19-11/h3-6,19H,7-8H2,1-2H3. The van der Waals surface area contributed by atoms with Crippen molar-refractivity contribution in [2.24, 2.45) is 5.41 Å². The number of hydrogen-bond donors (Lipinski definition) is 1. The van der Waals surface area contributed by atoms with Crippen LogP contribution in [0.2, 0.25) is 0 Å². The number of Topliss-reactive ketones (excluding diaryl/α,β-unsaturated/α-hetero) is 3. The van der Waals surface area contributed by atoms with Crippen LogP contribution in [0.5, 0.6) is 0 Å². The van der Waals surface area contributed by atoms with Gasteiger partial charge in [0.1, 0.15) is 0 Å². The average molecular weight is 293 g/mol. The Morgan fingerprint density at radius 3 is 2.32 bits per heavy atom. The maximum Gasteiger partial charge on any atom is 0.250 e. The van der Waals surface area contributed by atoms with Gasteiger partial charge in [-0.05, 0) is 17.4 Å². The Morgan fingerprint density at radius 2 is 1.59 bits per heavy atom. The van der Waals surface area contributed by atoms with Gasteiger partial charge in [-0.2, -0.15) is 0 Å². The van der Waals surface area contributed by atoms with Gasteiger partial charge in [-0.3, -0.25) is 14.4 Å². The van der Waals surface area contributed by atoms with Crippen molar-refractivity contribution in [2.45, 2.75) is 26.7 Å². The Balaban J connectivity index is 2.06. The third kappa shape index (κ3) is 1.61. The largest absolute Gasteiger partial charge is 0.354 e. The molecule has 0 aliphatic heterocycles. The summed E-state index contributed by atoms with van der Waals surface area (Å²) in [5.74, 6) is -1.01. The minimum Gasteiger partial charge on any atom is -0.354 e. The Kier molecular flexibility index (Phi) is 2.42. The van der Waals surface area contributed by atoms with Crippen LogP contribution in [0.15, 0.2) is 24.3 Å². The molecule has 2 aliphatic carbocycles. The van der Waals surface area contributed by atoms with Crippen molar-refractivity contribution in [2.75, 3.05) is 0 Å². The SMILES string of the molecule is CC1(C)CC(=O)c2c([nH]c3c2-c2ccccc2C(=O)C3=O)C1. The highest BCUT2D eigenvalue weighted by Crippen LogP contribution is 2.43. The van der Waals surface area contributed by atoms with Gasteiger partial charge in [0.05, 0.1) is 5.69 Å². The zero-order valence-electron chi connectivity index (χ0n) is 12.4. The van der Waals surface area contributed by atoms with Crippen molar-refractivity contribution in [3.8, 4) is 11.1 Å². The van der Waals surface area contributed by atoms with Gasteiger partial charge in [0, 0.05) is 28.8 Å². The number of aromatic nitrogens is 1. The highest BCUT2D eigenvalue weighted by molar-refractivity contribution is 6.53. The van der Waals surface area contributed by atoms with Crippen molar-refractivity contribution >= 4 is 17.3 Å². The van der Waals surface area contributed by atoms with Crippen LogP contribution < -0.4 is 0 Å². The van der Waals surface area contributed by atoms with Gasteiger partial charge in [0.2, 0.25) is 11.6 Å². The van der Waals surface area contributed by atoms with Crippen LogP contribution in [0, 0.1) is 5.41 Å². The quantitative estimate of drug-likeness (QED) is 0.758. The number of carbonyl (C=O) groups is 3. The normalized spacial score (nSPS) is 18.7. The second-order valence-electron chi connectivity index (χ2n) is 6.87. The number of hydrogen-bond acceptors (Lipinski definition) is 3. The first-order valence-corrected chi connectivity index (χ1v) is 7.35. The van der Waals surface area contributed by atoms with E-state index in [-0.39, 0.29) is 16.9 Å². The van der Waals surface area contributed by atoms with Crippen molar-refractivity contribution in [1.82, 2.24) is 4.98 Å². The predicted molar refractivity (Wildman–Crippen MR) is 81.3 cm³/mol. The summed E-state index contributed by atoms with van der Waals surface area (Å²) in [5, 5.41) is 0. The van der Waals surface area contributed by atoms with Crippen LogP contribution in [-0.2, 0) is 6.42 Å². The van der Waals surface area contributed by atoms with Crippen LogP contribution in [0.3, 0.4) is 0 Å². The second kappa shape index (κ2) is 4.03. The van der Waals surface area contributed by atoms with Gasteiger partial charge < -0.3 is 4.98 Å². The molecule has 1 aromatic carbocycles. The van der Waals surface area contributed by atoms with E-state index in [0.29, 0.717) is 35.1 Å². The van der Waals surface area contributed by atoms with Crippen LogP contribution in [-0.4, -0.2) is 22.3 Å². The molecule has 0 unspecified atom stereocenters. The summed E-state index contributed by atoms with van der Waals surface area (Å²) in [6, 6.07) is 7.01. The lowest BCUT2D eigenvalue weighted by molar-refractivity contribution is 0.0812. The van der Waals surface area contributed by atoms with E-state index in [1.807, 2.05) is 19.9 Å². The van der Waals surface area contributed by atoms with E-state index < -0.39 is 11.6 Å². The van der Waals surface area contributed by atoms with Crippen LogP contribution >= 0.6 is 0 Å². The number of nitrogens with one attached hydrogen (secondary N) is 1. The lowest BCUT2D eigenvalue weighted by atomic mass is 9.74. The molecule has 0 saturated heterocycles.